The fourth-order valence-corrected chi connectivity index (χ4v) is 16.7. The SMILES string of the molecule is CC(C)[Si](C#Cc1ccccc1C=C=C(C1CC1(c1ccccc1)c1ccccc1)P(=O)(c1ccccc1)c1ccccc1)(C(C)C)C(C)C. The van der Waals surface area contributed by atoms with E-state index in [0.717, 1.165) is 33.5 Å². The standard InChI is InChI=1S/C47H49OPSi/c1-36(2)50(37(3)4,38(5)6)34-33-40-22-20-19-21-39(40)31-32-46(49(48,43-27-15-9-16-28-43)44-29-17-10-18-30-44)45-35-47(45,41-23-11-7-12-24-41)42-25-13-8-14-26-42/h7-31,36-38,45H,35H2,1-6H3. The van der Waals surface area contributed by atoms with Gasteiger partial charge in [-0.2, -0.15) is 0 Å². The minimum atomic E-state index is -3.34. The maximum atomic E-state index is 16.2. The average molecular weight is 689 g/mol. The molecule has 1 nitrogen and oxygen atoms in total. The van der Waals surface area contributed by atoms with E-state index in [1.165, 1.54) is 11.1 Å². The predicted molar refractivity (Wildman–Crippen MR) is 217 cm³/mol. The lowest BCUT2D eigenvalue weighted by molar-refractivity contribution is 0.588. The number of hydrogen-bond acceptors (Lipinski definition) is 1. The molecule has 1 atom stereocenters. The Bertz CT molecular complexity index is 1980. The summed E-state index contributed by atoms with van der Waals surface area (Å²) in [6, 6.07) is 50.0. The predicted octanol–water partition coefficient (Wildman–Crippen LogP) is 11.8. The van der Waals surface area contributed by atoms with Crippen molar-refractivity contribution in [1.82, 2.24) is 0 Å². The first kappa shape index (κ1) is 35.5. The van der Waals surface area contributed by atoms with Crippen molar-refractivity contribution in [2.75, 3.05) is 0 Å². The molecule has 1 fully saturated rings. The van der Waals surface area contributed by atoms with Crippen molar-refractivity contribution in [1.29, 1.82) is 0 Å². The summed E-state index contributed by atoms with van der Waals surface area (Å²) >= 11 is 0. The topological polar surface area (TPSA) is 17.1 Å². The third-order valence-electron chi connectivity index (χ3n) is 11.1. The monoisotopic (exact) mass is 688 g/mol. The molecule has 1 aliphatic carbocycles. The smallest absolute Gasteiger partial charge is 0.174 e. The van der Waals surface area contributed by atoms with Gasteiger partial charge in [-0.15, -0.1) is 11.3 Å². The number of allylic oxidation sites excluding steroid dienone is 1. The van der Waals surface area contributed by atoms with E-state index in [0.29, 0.717) is 16.6 Å². The van der Waals surface area contributed by atoms with E-state index >= 15 is 4.57 Å². The Hall–Kier alpha value is -4.37. The van der Waals surface area contributed by atoms with Crippen molar-refractivity contribution < 1.29 is 4.57 Å². The van der Waals surface area contributed by atoms with Gasteiger partial charge in [0.2, 0.25) is 0 Å². The second-order valence-corrected chi connectivity index (χ2v) is 23.0. The van der Waals surface area contributed by atoms with Crippen LogP contribution in [0.1, 0.15) is 70.2 Å². The summed E-state index contributed by atoms with van der Waals surface area (Å²) in [6.07, 6.45) is 2.92. The summed E-state index contributed by atoms with van der Waals surface area (Å²) in [5.74, 6) is 3.68. The third-order valence-corrected chi connectivity index (χ3v) is 20.5. The van der Waals surface area contributed by atoms with Crippen LogP contribution in [0.5, 0.6) is 0 Å². The molecular weight excluding hydrogens is 640 g/mol. The van der Waals surface area contributed by atoms with Crippen molar-refractivity contribution in [3.63, 3.8) is 0 Å². The molecule has 5 aromatic rings. The van der Waals surface area contributed by atoms with Crippen molar-refractivity contribution in [2.45, 2.75) is 70.0 Å². The van der Waals surface area contributed by atoms with Gasteiger partial charge in [0.15, 0.2) is 7.14 Å². The zero-order chi connectivity index (χ0) is 35.4. The number of hydrogen-bond donors (Lipinski definition) is 0. The number of rotatable bonds is 10. The quantitative estimate of drug-likeness (QED) is 0.0618. The van der Waals surface area contributed by atoms with Crippen molar-refractivity contribution >= 4 is 31.9 Å². The lowest BCUT2D eigenvalue weighted by Crippen LogP contribution is -2.43. The van der Waals surface area contributed by atoms with Crippen LogP contribution in [0.2, 0.25) is 16.6 Å². The second kappa shape index (κ2) is 14.9. The van der Waals surface area contributed by atoms with Crippen LogP contribution in [-0.4, -0.2) is 8.07 Å². The van der Waals surface area contributed by atoms with Crippen LogP contribution >= 0.6 is 7.14 Å². The average Bonchev–Trinajstić information content (AvgIpc) is 3.90. The van der Waals surface area contributed by atoms with Gasteiger partial charge in [0.1, 0.15) is 8.07 Å². The lowest BCUT2D eigenvalue weighted by atomic mass is 9.85. The van der Waals surface area contributed by atoms with Crippen molar-refractivity contribution in [3.8, 4) is 11.5 Å². The highest BCUT2D eigenvalue weighted by atomic mass is 31.2. The van der Waals surface area contributed by atoms with Crippen molar-refractivity contribution in [3.05, 3.63) is 179 Å². The Morgan fingerprint density at radius 3 is 1.52 bits per heavy atom. The van der Waals surface area contributed by atoms with E-state index in [9.17, 15) is 0 Å². The van der Waals surface area contributed by atoms with Gasteiger partial charge in [-0.3, -0.25) is 0 Å². The van der Waals surface area contributed by atoms with E-state index in [-0.39, 0.29) is 11.3 Å². The largest absolute Gasteiger partial charge is 0.308 e. The Morgan fingerprint density at radius 1 is 0.640 bits per heavy atom. The van der Waals surface area contributed by atoms with Gasteiger partial charge in [0.25, 0.3) is 0 Å². The van der Waals surface area contributed by atoms with Gasteiger partial charge in [-0.05, 0) is 51.9 Å². The first-order valence-corrected chi connectivity index (χ1v) is 22.0. The lowest BCUT2D eigenvalue weighted by Gasteiger charge is -2.38. The molecule has 50 heavy (non-hydrogen) atoms. The van der Waals surface area contributed by atoms with E-state index < -0.39 is 15.2 Å². The fraction of sp³-hybridized carbons (Fsp3) is 0.255. The zero-order valence-electron chi connectivity index (χ0n) is 30.3. The molecule has 1 aliphatic rings. The molecule has 6 rings (SSSR count). The molecule has 0 aliphatic heterocycles. The Labute approximate surface area is 301 Å². The third kappa shape index (κ3) is 6.48. The molecule has 0 heterocycles. The van der Waals surface area contributed by atoms with Crippen LogP contribution in [0.15, 0.2) is 157 Å². The van der Waals surface area contributed by atoms with Gasteiger partial charge >= 0.3 is 0 Å². The summed E-state index contributed by atoms with van der Waals surface area (Å²) in [6.45, 7) is 14.1. The molecule has 252 valence electrons. The van der Waals surface area contributed by atoms with Crippen LogP contribution in [0.3, 0.4) is 0 Å². The molecule has 0 aromatic heterocycles. The van der Waals surface area contributed by atoms with Gasteiger partial charge in [0.05, 0.1) is 0 Å². The molecule has 1 unspecified atom stereocenters. The molecule has 0 spiro atoms. The molecule has 0 bridgehead atoms. The minimum absolute atomic E-state index is 0.0177. The number of benzene rings is 5. The van der Waals surface area contributed by atoms with E-state index in [2.05, 4.69) is 150 Å². The normalized spacial score (nSPS) is 15.3. The highest BCUT2D eigenvalue weighted by molar-refractivity contribution is 7.82. The summed E-state index contributed by atoms with van der Waals surface area (Å²) in [4.78, 5) is 0. The van der Waals surface area contributed by atoms with Gasteiger partial charge in [0, 0.05) is 32.8 Å². The summed E-state index contributed by atoms with van der Waals surface area (Å²) < 4.78 is 16.2. The Morgan fingerprint density at radius 2 is 1.06 bits per heavy atom. The summed E-state index contributed by atoms with van der Waals surface area (Å²) in [5, 5.41) is 2.53. The Kier molecular flexibility index (Phi) is 10.5. The summed E-state index contributed by atoms with van der Waals surface area (Å²) in [7, 11) is -5.28. The molecule has 0 amide bonds. The second-order valence-electron chi connectivity index (χ2n) is 14.6. The van der Waals surface area contributed by atoms with Gasteiger partial charge in [-0.25, -0.2) is 0 Å². The molecule has 5 aromatic carbocycles. The highest BCUT2D eigenvalue weighted by Crippen LogP contribution is 2.70. The van der Waals surface area contributed by atoms with E-state index in [1.54, 1.807) is 0 Å². The van der Waals surface area contributed by atoms with Crippen LogP contribution in [0, 0.1) is 17.4 Å². The molecule has 1 saturated carbocycles. The zero-order valence-corrected chi connectivity index (χ0v) is 32.2. The maximum absolute atomic E-state index is 16.2. The van der Waals surface area contributed by atoms with E-state index in [4.69, 9.17) is 0 Å². The molecular formula is C47H49OPSi. The van der Waals surface area contributed by atoms with Crippen LogP contribution in [0.4, 0.5) is 0 Å². The van der Waals surface area contributed by atoms with Crippen LogP contribution in [-0.2, 0) is 9.98 Å². The first-order chi connectivity index (χ1) is 24.2. The Balaban J connectivity index is 1.62. The molecule has 3 heteroatoms. The molecule has 0 radical (unpaired) electrons. The van der Waals surface area contributed by atoms with E-state index in [1.807, 2.05) is 60.7 Å². The molecule has 0 N–H and O–H groups in total. The minimum Gasteiger partial charge on any atom is -0.308 e. The summed E-state index contributed by atoms with van der Waals surface area (Å²) in [5.41, 5.74) is 13.6. The maximum Gasteiger partial charge on any atom is 0.174 e. The first-order valence-electron chi connectivity index (χ1n) is 18.1. The molecule has 0 saturated heterocycles. The van der Waals surface area contributed by atoms with Crippen molar-refractivity contribution in [2.24, 2.45) is 5.92 Å². The fourth-order valence-electron chi connectivity index (χ4n) is 8.48. The van der Waals surface area contributed by atoms with Crippen LogP contribution in [0.25, 0.3) is 6.08 Å². The highest BCUT2D eigenvalue weighted by Gasteiger charge is 2.61. The van der Waals surface area contributed by atoms with Crippen LogP contribution < -0.4 is 10.6 Å². The van der Waals surface area contributed by atoms with Gasteiger partial charge < -0.3 is 4.57 Å². The van der Waals surface area contributed by atoms with Gasteiger partial charge in [-0.1, -0.05) is 187 Å².